The lowest BCUT2D eigenvalue weighted by molar-refractivity contribution is -0.146. The Bertz CT molecular complexity index is 283. The van der Waals surface area contributed by atoms with E-state index in [9.17, 15) is 9.59 Å². The number of carbonyl (C=O) groups is 2. The van der Waals surface area contributed by atoms with Crippen LogP contribution in [0.5, 0.6) is 0 Å². The quantitative estimate of drug-likeness (QED) is 0.661. The molecule has 0 bridgehead atoms. The van der Waals surface area contributed by atoms with Gasteiger partial charge < -0.3 is 20.1 Å². The second-order valence-electron chi connectivity index (χ2n) is 4.28. The monoisotopic (exact) mass is 244 g/mol. The minimum atomic E-state index is -0.993. The zero-order valence-electron chi connectivity index (χ0n) is 10.3. The molecule has 1 fully saturated rings. The summed E-state index contributed by atoms with van der Waals surface area (Å²) >= 11 is 0. The van der Waals surface area contributed by atoms with E-state index in [1.54, 1.807) is 0 Å². The Hall–Kier alpha value is -1.14. The van der Waals surface area contributed by atoms with Crippen molar-refractivity contribution in [3.8, 4) is 0 Å². The zero-order chi connectivity index (χ0) is 12.8. The van der Waals surface area contributed by atoms with Gasteiger partial charge in [0.2, 0.25) is 5.91 Å². The number of ether oxygens (including phenoxy) is 1. The van der Waals surface area contributed by atoms with E-state index in [-0.39, 0.29) is 24.4 Å². The number of aliphatic carboxylic acids is 1. The van der Waals surface area contributed by atoms with Crippen LogP contribution in [0.3, 0.4) is 0 Å². The molecule has 2 unspecified atom stereocenters. The molecule has 6 heteroatoms. The van der Waals surface area contributed by atoms with Crippen molar-refractivity contribution in [1.29, 1.82) is 0 Å². The van der Waals surface area contributed by atoms with Crippen LogP contribution in [0.15, 0.2) is 0 Å². The van der Waals surface area contributed by atoms with Crippen LogP contribution < -0.4 is 5.32 Å². The molecule has 0 aromatic rings. The van der Waals surface area contributed by atoms with Gasteiger partial charge in [0.05, 0.1) is 12.5 Å². The molecule has 2 N–H and O–H groups in total. The summed E-state index contributed by atoms with van der Waals surface area (Å²) in [6.07, 6.45) is 0.767. The molecule has 1 saturated heterocycles. The summed E-state index contributed by atoms with van der Waals surface area (Å²) in [4.78, 5) is 24.2. The molecular weight excluding hydrogens is 224 g/mol. The van der Waals surface area contributed by atoms with E-state index in [1.165, 1.54) is 12.0 Å². The number of hydrogen-bond acceptors (Lipinski definition) is 4. The molecule has 0 spiro atoms. The van der Waals surface area contributed by atoms with E-state index in [2.05, 4.69) is 5.32 Å². The fraction of sp³-hybridized carbons (Fsp3) is 0.818. The van der Waals surface area contributed by atoms with Crippen LogP contribution in [0, 0.1) is 5.92 Å². The molecule has 0 aliphatic carbocycles. The largest absolute Gasteiger partial charge is 0.480 e. The normalized spacial score (nSPS) is 23.6. The molecule has 0 saturated carbocycles. The van der Waals surface area contributed by atoms with Crippen LogP contribution in [0.2, 0.25) is 0 Å². The van der Waals surface area contributed by atoms with Gasteiger partial charge in [0, 0.05) is 19.7 Å². The van der Waals surface area contributed by atoms with E-state index in [0.29, 0.717) is 13.2 Å². The van der Waals surface area contributed by atoms with Crippen LogP contribution >= 0.6 is 0 Å². The summed E-state index contributed by atoms with van der Waals surface area (Å²) in [5.41, 5.74) is 0. The SMILES string of the molecule is COCCN(CC(=O)O)C(=O)C1CCNC1C. The van der Waals surface area contributed by atoms with E-state index in [0.717, 1.165) is 13.0 Å². The summed E-state index contributed by atoms with van der Waals surface area (Å²) in [7, 11) is 1.53. The van der Waals surface area contributed by atoms with Gasteiger partial charge in [-0.2, -0.15) is 0 Å². The fourth-order valence-corrected chi connectivity index (χ4v) is 2.06. The van der Waals surface area contributed by atoms with E-state index >= 15 is 0 Å². The predicted molar refractivity (Wildman–Crippen MR) is 61.7 cm³/mol. The third-order valence-corrected chi connectivity index (χ3v) is 3.05. The molecular formula is C11H20N2O4. The number of hydrogen-bond donors (Lipinski definition) is 2. The maximum atomic E-state index is 12.2. The molecule has 1 heterocycles. The Morgan fingerprint density at radius 1 is 1.53 bits per heavy atom. The number of carboxylic acids is 1. The van der Waals surface area contributed by atoms with Gasteiger partial charge in [0.15, 0.2) is 0 Å². The maximum absolute atomic E-state index is 12.2. The summed E-state index contributed by atoms with van der Waals surface area (Å²) in [6.45, 7) is 3.18. The van der Waals surface area contributed by atoms with Gasteiger partial charge in [-0.3, -0.25) is 9.59 Å². The molecule has 1 rings (SSSR count). The smallest absolute Gasteiger partial charge is 0.323 e. The Morgan fingerprint density at radius 2 is 2.24 bits per heavy atom. The first kappa shape index (κ1) is 13.9. The van der Waals surface area contributed by atoms with Crippen LogP contribution in [-0.2, 0) is 14.3 Å². The fourth-order valence-electron chi connectivity index (χ4n) is 2.06. The summed E-state index contributed by atoms with van der Waals surface area (Å²) < 4.78 is 4.89. The van der Waals surface area contributed by atoms with Crippen LogP contribution in [0.25, 0.3) is 0 Å². The van der Waals surface area contributed by atoms with Crippen molar-refractivity contribution in [3.05, 3.63) is 0 Å². The molecule has 1 aliphatic heterocycles. The molecule has 0 aromatic carbocycles. The second kappa shape index (κ2) is 6.56. The van der Waals surface area contributed by atoms with Crippen molar-refractivity contribution < 1.29 is 19.4 Å². The zero-order valence-corrected chi connectivity index (χ0v) is 10.3. The molecule has 0 radical (unpaired) electrons. The van der Waals surface area contributed by atoms with Gasteiger partial charge in [-0.25, -0.2) is 0 Å². The van der Waals surface area contributed by atoms with E-state index < -0.39 is 5.97 Å². The van der Waals surface area contributed by atoms with Gasteiger partial charge in [0.1, 0.15) is 6.54 Å². The third-order valence-electron chi connectivity index (χ3n) is 3.05. The second-order valence-corrected chi connectivity index (χ2v) is 4.28. The van der Waals surface area contributed by atoms with Crippen LogP contribution in [0.1, 0.15) is 13.3 Å². The van der Waals surface area contributed by atoms with E-state index in [1.807, 2.05) is 6.92 Å². The minimum Gasteiger partial charge on any atom is -0.480 e. The molecule has 6 nitrogen and oxygen atoms in total. The first-order chi connectivity index (χ1) is 8.06. The summed E-state index contributed by atoms with van der Waals surface area (Å²) in [5.74, 6) is -1.21. The van der Waals surface area contributed by atoms with Gasteiger partial charge >= 0.3 is 5.97 Å². The average molecular weight is 244 g/mol. The number of carbonyl (C=O) groups excluding carboxylic acids is 1. The summed E-state index contributed by atoms with van der Waals surface area (Å²) in [6, 6.07) is 0.112. The van der Waals surface area contributed by atoms with Gasteiger partial charge in [-0.15, -0.1) is 0 Å². The Balaban J connectivity index is 2.60. The number of nitrogens with zero attached hydrogens (tertiary/aromatic N) is 1. The number of rotatable bonds is 6. The molecule has 1 amide bonds. The van der Waals surface area contributed by atoms with Crippen molar-refractivity contribution in [2.45, 2.75) is 19.4 Å². The number of amides is 1. The molecule has 1 aliphatic rings. The predicted octanol–water partition coefficient (Wildman–Crippen LogP) is -0.456. The lowest BCUT2D eigenvalue weighted by Crippen LogP contribution is -2.44. The average Bonchev–Trinajstić information content (AvgIpc) is 2.69. The van der Waals surface area contributed by atoms with E-state index in [4.69, 9.17) is 9.84 Å². The Labute approximate surface area is 101 Å². The third kappa shape index (κ3) is 3.98. The lowest BCUT2D eigenvalue weighted by atomic mass is 10.0. The van der Waals surface area contributed by atoms with Gasteiger partial charge in [0.25, 0.3) is 0 Å². The molecule has 17 heavy (non-hydrogen) atoms. The highest BCUT2D eigenvalue weighted by molar-refractivity contribution is 5.83. The molecule has 2 atom stereocenters. The lowest BCUT2D eigenvalue weighted by Gasteiger charge is -2.25. The highest BCUT2D eigenvalue weighted by atomic mass is 16.5. The van der Waals surface area contributed by atoms with Crippen molar-refractivity contribution >= 4 is 11.9 Å². The highest BCUT2D eigenvalue weighted by Gasteiger charge is 2.33. The first-order valence-corrected chi connectivity index (χ1v) is 5.79. The van der Waals surface area contributed by atoms with Crippen molar-refractivity contribution in [1.82, 2.24) is 10.2 Å². The van der Waals surface area contributed by atoms with Crippen molar-refractivity contribution in [2.24, 2.45) is 5.92 Å². The summed E-state index contributed by atoms with van der Waals surface area (Å²) in [5, 5.41) is 12.0. The number of nitrogens with one attached hydrogen (secondary N) is 1. The Morgan fingerprint density at radius 3 is 2.71 bits per heavy atom. The Kier molecular flexibility index (Phi) is 5.37. The van der Waals surface area contributed by atoms with Crippen molar-refractivity contribution in [2.75, 3.05) is 33.4 Å². The van der Waals surface area contributed by atoms with Crippen LogP contribution in [-0.4, -0.2) is 61.3 Å². The van der Waals surface area contributed by atoms with Gasteiger partial charge in [-0.1, -0.05) is 0 Å². The highest BCUT2D eigenvalue weighted by Crippen LogP contribution is 2.18. The first-order valence-electron chi connectivity index (χ1n) is 5.79. The number of methoxy groups -OCH3 is 1. The number of carboxylic acid groups (broad SMARTS) is 1. The van der Waals surface area contributed by atoms with Crippen molar-refractivity contribution in [3.63, 3.8) is 0 Å². The minimum absolute atomic E-state index is 0.0954. The van der Waals surface area contributed by atoms with Crippen LogP contribution in [0.4, 0.5) is 0 Å². The van der Waals surface area contributed by atoms with Gasteiger partial charge in [-0.05, 0) is 19.9 Å². The molecule has 98 valence electrons. The topological polar surface area (TPSA) is 78.9 Å². The standard InChI is InChI=1S/C11H20N2O4/c1-8-9(3-4-12-8)11(16)13(5-6-17-2)7-10(14)15/h8-9,12H,3-7H2,1-2H3,(H,14,15). The maximum Gasteiger partial charge on any atom is 0.323 e. The molecule has 0 aromatic heterocycles.